The third-order valence-electron chi connectivity index (χ3n) is 3.58. The van der Waals surface area contributed by atoms with Crippen LogP contribution in [-0.2, 0) is 6.54 Å². The molecule has 2 N–H and O–H groups in total. The largest absolute Gasteiger partial charge is 0.434 e. The first kappa shape index (κ1) is 15.2. The van der Waals surface area contributed by atoms with Gasteiger partial charge in [0.2, 0.25) is 0 Å². The zero-order valence-corrected chi connectivity index (χ0v) is 11.9. The highest BCUT2D eigenvalue weighted by Crippen LogP contribution is 2.41. The number of aromatic amines is 1. The highest BCUT2D eigenvalue weighted by atomic mass is 19.3. The summed E-state index contributed by atoms with van der Waals surface area (Å²) in [5.41, 5.74) is 1.39. The van der Waals surface area contributed by atoms with Gasteiger partial charge in [-0.05, 0) is 31.0 Å². The summed E-state index contributed by atoms with van der Waals surface area (Å²) in [4.78, 5) is 0. The number of aromatic nitrogens is 2. The smallest absolute Gasteiger partial charge is 0.387 e. The first-order chi connectivity index (χ1) is 11.1. The van der Waals surface area contributed by atoms with Crippen LogP contribution >= 0.6 is 0 Å². The number of hydrogen-bond donors (Lipinski definition) is 2. The van der Waals surface area contributed by atoms with Gasteiger partial charge in [-0.25, -0.2) is 4.39 Å². The van der Waals surface area contributed by atoms with Gasteiger partial charge in [0.25, 0.3) is 0 Å². The molecule has 1 aliphatic carbocycles. The van der Waals surface area contributed by atoms with Crippen LogP contribution in [0.3, 0.4) is 0 Å². The summed E-state index contributed by atoms with van der Waals surface area (Å²) in [5, 5.41) is 19.0. The van der Waals surface area contributed by atoms with Gasteiger partial charge < -0.3 is 10.1 Å². The van der Waals surface area contributed by atoms with Crippen molar-refractivity contribution in [3.05, 3.63) is 40.8 Å². The summed E-state index contributed by atoms with van der Waals surface area (Å²) in [5.74, 6) is -0.0452. The molecular weight excluding hydrogens is 309 g/mol. The number of hydrogen-bond acceptors (Lipinski definition) is 4. The number of nitrogens with zero attached hydrogens (tertiary/aromatic N) is 2. The second-order valence-corrected chi connectivity index (χ2v) is 5.23. The third kappa shape index (κ3) is 3.39. The van der Waals surface area contributed by atoms with Gasteiger partial charge in [0, 0.05) is 18.0 Å². The van der Waals surface area contributed by atoms with E-state index >= 15 is 0 Å². The lowest BCUT2D eigenvalue weighted by Gasteiger charge is -2.11. The number of halogens is 3. The highest BCUT2D eigenvalue weighted by molar-refractivity contribution is 5.56. The van der Waals surface area contributed by atoms with E-state index in [-0.39, 0.29) is 17.9 Å². The topological polar surface area (TPSA) is 73.7 Å². The fourth-order valence-corrected chi connectivity index (χ4v) is 2.34. The normalized spacial score (nSPS) is 13.9. The van der Waals surface area contributed by atoms with Crippen molar-refractivity contribution in [1.29, 1.82) is 5.26 Å². The molecule has 1 aromatic carbocycles. The highest BCUT2D eigenvalue weighted by Gasteiger charge is 2.29. The fraction of sp³-hybridized carbons (Fsp3) is 0.333. The summed E-state index contributed by atoms with van der Waals surface area (Å²) in [6.07, 6.45) is 2.01. The van der Waals surface area contributed by atoms with Crippen LogP contribution in [-0.4, -0.2) is 16.8 Å². The van der Waals surface area contributed by atoms with Crippen molar-refractivity contribution in [3.8, 4) is 11.8 Å². The molecule has 23 heavy (non-hydrogen) atoms. The van der Waals surface area contributed by atoms with Crippen molar-refractivity contribution in [2.75, 3.05) is 5.32 Å². The molecule has 8 heteroatoms. The fourth-order valence-electron chi connectivity index (χ4n) is 2.34. The number of nitriles is 1. The number of anilines is 1. The summed E-state index contributed by atoms with van der Waals surface area (Å²) in [6.45, 7) is -3.00. The molecule has 5 nitrogen and oxygen atoms in total. The minimum absolute atomic E-state index is 0.00343. The van der Waals surface area contributed by atoms with Gasteiger partial charge in [0.05, 0.1) is 5.69 Å². The van der Waals surface area contributed by atoms with Gasteiger partial charge in [-0.1, -0.05) is 0 Å². The van der Waals surface area contributed by atoms with Crippen LogP contribution in [0.1, 0.15) is 35.6 Å². The molecule has 0 saturated heterocycles. The quantitative estimate of drug-likeness (QED) is 0.853. The van der Waals surface area contributed by atoms with Gasteiger partial charge in [-0.15, -0.1) is 0 Å². The molecular formula is C15H13F3N4O. The third-order valence-corrected chi connectivity index (χ3v) is 3.58. The second-order valence-electron chi connectivity index (χ2n) is 5.23. The maximum absolute atomic E-state index is 13.3. The Kier molecular flexibility index (Phi) is 4.10. The van der Waals surface area contributed by atoms with E-state index in [1.54, 1.807) is 0 Å². The Labute approximate surface area is 130 Å². The average Bonchev–Trinajstić information content (AvgIpc) is 3.27. The van der Waals surface area contributed by atoms with E-state index in [1.165, 1.54) is 0 Å². The number of rotatable bonds is 6. The van der Waals surface area contributed by atoms with E-state index in [9.17, 15) is 18.4 Å². The van der Waals surface area contributed by atoms with Crippen LogP contribution in [0.4, 0.5) is 19.0 Å². The van der Waals surface area contributed by atoms with Crippen molar-refractivity contribution in [3.63, 3.8) is 0 Å². The lowest BCUT2D eigenvalue weighted by Crippen LogP contribution is -2.08. The van der Waals surface area contributed by atoms with Crippen molar-refractivity contribution in [1.82, 2.24) is 10.2 Å². The first-order valence-corrected chi connectivity index (χ1v) is 7.04. The van der Waals surface area contributed by atoms with E-state index in [1.807, 2.05) is 0 Å². The average molecular weight is 322 g/mol. The molecule has 0 radical (unpaired) electrons. The molecule has 1 saturated carbocycles. The zero-order chi connectivity index (χ0) is 16.4. The van der Waals surface area contributed by atoms with Crippen LogP contribution in [0.2, 0.25) is 0 Å². The second kappa shape index (κ2) is 6.20. The minimum atomic E-state index is -3.00. The van der Waals surface area contributed by atoms with Crippen LogP contribution in [0.25, 0.3) is 0 Å². The summed E-state index contributed by atoms with van der Waals surface area (Å²) < 4.78 is 42.5. The van der Waals surface area contributed by atoms with Gasteiger partial charge in [0.1, 0.15) is 23.2 Å². The number of benzene rings is 1. The van der Waals surface area contributed by atoms with Crippen molar-refractivity contribution in [2.24, 2.45) is 0 Å². The van der Waals surface area contributed by atoms with Crippen molar-refractivity contribution in [2.45, 2.75) is 31.9 Å². The number of H-pyrrole nitrogens is 1. The van der Waals surface area contributed by atoms with Gasteiger partial charge >= 0.3 is 6.61 Å². The molecule has 0 unspecified atom stereocenters. The number of alkyl halides is 2. The van der Waals surface area contributed by atoms with Crippen LogP contribution in [0.5, 0.6) is 5.75 Å². The van der Waals surface area contributed by atoms with Crippen LogP contribution in [0, 0.1) is 17.1 Å². The lowest BCUT2D eigenvalue weighted by molar-refractivity contribution is -0.0504. The lowest BCUT2D eigenvalue weighted by atomic mass is 10.1. The Morgan fingerprint density at radius 3 is 2.87 bits per heavy atom. The molecule has 0 amide bonds. The number of ether oxygens (including phenoxy) is 1. The molecule has 2 aromatic rings. The predicted molar refractivity (Wildman–Crippen MR) is 75.6 cm³/mol. The van der Waals surface area contributed by atoms with E-state index < -0.39 is 12.4 Å². The standard InChI is InChI=1S/C15H13F3N4O/c16-10-3-4-12(23-15(17)18)9(5-10)7-20-14-11(6-19)13(21-22-14)8-1-2-8/h3-5,8,15H,1-2,7H2,(H2,20,21,22). The molecule has 1 aromatic heterocycles. The van der Waals surface area contributed by atoms with Crippen LogP contribution < -0.4 is 10.1 Å². The summed E-state index contributed by atoms with van der Waals surface area (Å²) >= 11 is 0. The summed E-state index contributed by atoms with van der Waals surface area (Å²) in [7, 11) is 0. The molecule has 0 aliphatic heterocycles. The maximum atomic E-state index is 13.3. The Bertz CT molecular complexity index is 750. The Morgan fingerprint density at radius 2 is 2.22 bits per heavy atom. The monoisotopic (exact) mass is 322 g/mol. The van der Waals surface area contributed by atoms with Gasteiger partial charge in [0.15, 0.2) is 5.82 Å². The van der Waals surface area contributed by atoms with Crippen molar-refractivity contribution >= 4 is 5.82 Å². The molecule has 0 bridgehead atoms. The maximum Gasteiger partial charge on any atom is 0.387 e. The Morgan fingerprint density at radius 1 is 1.43 bits per heavy atom. The van der Waals surface area contributed by atoms with Gasteiger partial charge in [-0.3, -0.25) is 5.10 Å². The number of nitrogens with one attached hydrogen (secondary N) is 2. The van der Waals surface area contributed by atoms with Crippen LogP contribution in [0.15, 0.2) is 18.2 Å². The molecule has 1 fully saturated rings. The predicted octanol–water partition coefficient (Wildman–Crippen LogP) is 3.51. The molecule has 1 heterocycles. The van der Waals surface area contributed by atoms with Crippen molar-refractivity contribution < 1.29 is 17.9 Å². The van der Waals surface area contributed by atoms with E-state index in [0.717, 1.165) is 36.7 Å². The zero-order valence-electron chi connectivity index (χ0n) is 11.9. The minimum Gasteiger partial charge on any atom is -0.434 e. The first-order valence-electron chi connectivity index (χ1n) is 7.04. The molecule has 0 spiro atoms. The Balaban J connectivity index is 1.78. The summed E-state index contributed by atoms with van der Waals surface area (Å²) in [6, 6.07) is 5.37. The van der Waals surface area contributed by atoms with E-state index in [4.69, 9.17) is 0 Å². The molecule has 1 aliphatic rings. The van der Waals surface area contributed by atoms with Gasteiger partial charge in [-0.2, -0.15) is 19.1 Å². The molecule has 0 atom stereocenters. The molecule has 120 valence electrons. The van der Waals surface area contributed by atoms with E-state index in [2.05, 4.69) is 26.3 Å². The SMILES string of the molecule is N#Cc1c(NCc2cc(F)ccc2OC(F)F)n[nH]c1C1CC1. The molecule has 3 rings (SSSR count). The Hall–Kier alpha value is -2.69. The van der Waals surface area contributed by atoms with E-state index in [0.29, 0.717) is 17.3 Å².